The predicted octanol–water partition coefficient (Wildman–Crippen LogP) is 3.57. The van der Waals surface area contributed by atoms with E-state index in [4.69, 9.17) is 9.47 Å². The maximum atomic E-state index is 12.5. The number of aromatic nitrogens is 2. The number of hydrogen-bond donors (Lipinski definition) is 1. The zero-order valence-corrected chi connectivity index (χ0v) is 17.1. The van der Waals surface area contributed by atoms with Crippen molar-refractivity contribution < 1.29 is 14.3 Å². The van der Waals surface area contributed by atoms with Gasteiger partial charge in [0, 0.05) is 25.5 Å². The van der Waals surface area contributed by atoms with Crippen LogP contribution in [0.15, 0.2) is 30.6 Å². The normalized spacial score (nSPS) is 16.7. The molecule has 0 bridgehead atoms. The molecule has 0 unspecified atom stereocenters. The Labute approximate surface area is 171 Å². The standard InChI is InChI=1S/C22H28N4O3/c1-15(2)29-20-9-16(8-18(10-20)17-4-5-17)11-23-22-24-12-19(13-25-22)21(27)26-6-3-7-28-14-26/h8-10,12-13,15,17H,3-7,11,14H2,1-2H3,(H,23,24,25). The minimum atomic E-state index is -0.0936. The Bertz CT molecular complexity index is 844. The van der Waals surface area contributed by atoms with Gasteiger partial charge >= 0.3 is 0 Å². The van der Waals surface area contributed by atoms with Crippen LogP contribution in [0.2, 0.25) is 0 Å². The number of benzene rings is 1. The summed E-state index contributed by atoms with van der Waals surface area (Å²) in [6.45, 7) is 6.41. The SMILES string of the molecule is CC(C)Oc1cc(CNc2ncc(C(=O)N3CCCOC3)cn2)cc(C2CC2)c1. The number of rotatable bonds is 7. The van der Waals surface area contributed by atoms with Crippen LogP contribution in [0.4, 0.5) is 5.95 Å². The van der Waals surface area contributed by atoms with Gasteiger partial charge in [0.2, 0.25) is 5.95 Å². The molecule has 1 aliphatic carbocycles. The van der Waals surface area contributed by atoms with Gasteiger partial charge in [-0.1, -0.05) is 6.07 Å². The number of amides is 1. The highest BCUT2D eigenvalue weighted by Gasteiger charge is 2.24. The average molecular weight is 396 g/mol. The van der Waals surface area contributed by atoms with Crippen LogP contribution in [0.1, 0.15) is 60.5 Å². The second-order valence-electron chi connectivity index (χ2n) is 7.96. The van der Waals surface area contributed by atoms with Gasteiger partial charge in [0.1, 0.15) is 12.5 Å². The summed E-state index contributed by atoms with van der Waals surface area (Å²) in [5.41, 5.74) is 2.95. The fraction of sp³-hybridized carbons (Fsp3) is 0.500. The van der Waals surface area contributed by atoms with E-state index in [1.807, 2.05) is 13.8 Å². The number of ether oxygens (including phenoxy) is 2. The van der Waals surface area contributed by atoms with Gasteiger partial charge in [-0.3, -0.25) is 4.79 Å². The predicted molar refractivity (Wildman–Crippen MR) is 110 cm³/mol. The number of anilines is 1. The molecule has 1 saturated heterocycles. The molecule has 7 nitrogen and oxygen atoms in total. The molecule has 29 heavy (non-hydrogen) atoms. The first-order valence-electron chi connectivity index (χ1n) is 10.3. The summed E-state index contributed by atoms with van der Waals surface area (Å²) in [5, 5.41) is 3.25. The first-order valence-corrected chi connectivity index (χ1v) is 10.3. The third-order valence-electron chi connectivity index (χ3n) is 5.01. The lowest BCUT2D eigenvalue weighted by Crippen LogP contribution is -2.38. The quantitative estimate of drug-likeness (QED) is 0.771. The fourth-order valence-electron chi connectivity index (χ4n) is 3.43. The number of hydrogen-bond acceptors (Lipinski definition) is 6. The molecule has 1 amide bonds. The van der Waals surface area contributed by atoms with Crippen LogP contribution in [-0.2, 0) is 11.3 Å². The molecule has 0 spiro atoms. The second kappa shape index (κ2) is 8.78. The lowest BCUT2D eigenvalue weighted by atomic mass is 10.1. The zero-order valence-electron chi connectivity index (χ0n) is 17.1. The van der Waals surface area contributed by atoms with E-state index in [0.717, 1.165) is 17.7 Å². The molecule has 7 heteroatoms. The molecule has 0 radical (unpaired) electrons. The Morgan fingerprint density at radius 1 is 1.28 bits per heavy atom. The summed E-state index contributed by atoms with van der Waals surface area (Å²) in [6.07, 6.45) is 6.64. The van der Waals surface area contributed by atoms with Gasteiger partial charge in [-0.15, -0.1) is 0 Å². The Kier molecular flexibility index (Phi) is 5.94. The molecule has 1 aromatic carbocycles. The maximum absolute atomic E-state index is 12.5. The van der Waals surface area contributed by atoms with Crippen LogP contribution in [0.3, 0.4) is 0 Å². The molecule has 4 rings (SSSR count). The van der Waals surface area contributed by atoms with Gasteiger partial charge < -0.3 is 19.7 Å². The molecule has 2 fully saturated rings. The molecule has 154 valence electrons. The summed E-state index contributed by atoms with van der Waals surface area (Å²) < 4.78 is 11.3. The van der Waals surface area contributed by atoms with Crippen molar-refractivity contribution in [2.75, 3.05) is 25.2 Å². The third-order valence-corrected chi connectivity index (χ3v) is 5.01. The van der Waals surface area contributed by atoms with E-state index in [0.29, 0.717) is 43.9 Å². The van der Waals surface area contributed by atoms with Gasteiger partial charge in [0.15, 0.2) is 0 Å². The fourth-order valence-corrected chi connectivity index (χ4v) is 3.43. The van der Waals surface area contributed by atoms with Crippen molar-refractivity contribution in [3.8, 4) is 5.75 Å². The minimum Gasteiger partial charge on any atom is -0.491 e. The van der Waals surface area contributed by atoms with Crippen LogP contribution in [0.5, 0.6) is 5.75 Å². The van der Waals surface area contributed by atoms with Crippen molar-refractivity contribution in [2.24, 2.45) is 0 Å². The van der Waals surface area contributed by atoms with Crippen molar-refractivity contribution in [1.82, 2.24) is 14.9 Å². The van der Waals surface area contributed by atoms with Crippen molar-refractivity contribution >= 4 is 11.9 Å². The van der Waals surface area contributed by atoms with E-state index in [1.54, 1.807) is 17.3 Å². The summed E-state index contributed by atoms with van der Waals surface area (Å²) >= 11 is 0. The number of nitrogens with zero attached hydrogens (tertiary/aromatic N) is 3. The van der Waals surface area contributed by atoms with E-state index >= 15 is 0 Å². The number of nitrogens with one attached hydrogen (secondary N) is 1. The number of carbonyl (C=O) groups is 1. The molecular formula is C22H28N4O3. The molecule has 1 aromatic heterocycles. The lowest BCUT2D eigenvalue weighted by Gasteiger charge is -2.26. The van der Waals surface area contributed by atoms with Crippen molar-refractivity contribution in [2.45, 2.75) is 51.7 Å². The summed E-state index contributed by atoms with van der Waals surface area (Å²) in [7, 11) is 0. The van der Waals surface area contributed by atoms with Crippen LogP contribution >= 0.6 is 0 Å². The van der Waals surface area contributed by atoms with E-state index in [-0.39, 0.29) is 12.0 Å². The molecule has 1 saturated carbocycles. The molecular weight excluding hydrogens is 368 g/mol. The Hall–Kier alpha value is -2.67. The molecule has 1 N–H and O–H groups in total. The van der Waals surface area contributed by atoms with E-state index in [2.05, 4.69) is 33.5 Å². The van der Waals surface area contributed by atoms with Crippen LogP contribution in [0, 0.1) is 0 Å². The lowest BCUT2D eigenvalue weighted by molar-refractivity contribution is -0.00575. The first-order chi connectivity index (χ1) is 14.1. The maximum Gasteiger partial charge on any atom is 0.258 e. The van der Waals surface area contributed by atoms with Crippen LogP contribution in [-0.4, -0.2) is 46.8 Å². The molecule has 2 aromatic rings. The Morgan fingerprint density at radius 2 is 2.07 bits per heavy atom. The summed E-state index contributed by atoms with van der Waals surface area (Å²) in [6, 6.07) is 6.45. The van der Waals surface area contributed by atoms with Crippen molar-refractivity contribution in [1.29, 1.82) is 0 Å². The van der Waals surface area contributed by atoms with E-state index in [9.17, 15) is 4.79 Å². The average Bonchev–Trinajstić information content (AvgIpc) is 3.58. The highest BCUT2D eigenvalue weighted by molar-refractivity contribution is 5.93. The van der Waals surface area contributed by atoms with Crippen LogP contribution < -0.4 is 10.1 Å². The third kappa shape index (κ3) is 5.23. The van der Waals surface area contributed by atoms with Crippen molar-refractivity contribution in [3.05, 3.63) is 47.3 Å². The molecule has 2 heterocycles. The largest absolute Gasteiger partial charge is 0.491 e. The highest BCUT2D eigenvalue weighted by Crippen LogP contribution is 2.41. The minimum absolute atomic E-state index is 0.0936. The van der Waals surface area contributed by atoms with Gasteiger partial charge in [-0.2, -0.15) is 0 Å². The monoisotopic (exact) mass is 396 g/mol. The van der Waals surface area contributed by atoms with Gasteiger partial charge in [-0.25, -0.2) is 9.97 Å². The highest BCUT2D eigenvalue weighted by atomic mass is 16.5. The molecule has 0 atom stereocenters. The van der Waals surface area contributed by atoms with Gasteiger partial charge in [-0.05, 0) is 62.3 Å². The van der Waals surface area contributed by atoms with Gasteiger partial charge in [0.05, 0.1) is 18.3 Å². The Morgan fingerprint density at radius 3 is 2.72 bits per heavy atom. The number of carbonyl (C=O) groups excluding carboxylic acids is 1. The first kappa shape index (κ1) is 19.6. The van der Waals surface area contributed by atoms with E-state index in [1.165, 1.54) is 18.4 Å². The van der Waals surface area contributed by atoms with E-state index < -0.39 is 0 Å². The zero-order chi connectivity index (χ0) is 20.2. The second-order valence-corrected chi connectivity index (χ2v) is 7.96. The van der Waals surface area contributed by atoms with Crippen molar-refractivity contribution in [3.63, 3.8) is 0 Å². The smallest absolute Gasteiger partial charge is 0.258 e. The summed E-state index contributed by atoms with van der Waals surface area (Å²) in [5.74, 6) is 1.97. The summed E-state index contributed by atoms with van der Waals surface area (Å²) in [4.78, 5) is 22.7. The Balaban J connectivity index is 1.39. The van der Waals surface area contributed by atoms with Gasteiger partial charge in [0.25, 0.3) is 5.91 Å². The molecule has 2 aliphatic rings. The molecule has 1 aliphatic heterocycles. The van der Waals surface area contributed by atoms with Crippen LogP contribution in [0.25, 0.3) is 0 Å². The topological polar surface area (TPSA) is 76.6 Å².